The first-order valence-corrected chi connectivity index (χ1v) is 8.31. The molecule has 1 aromatic rings. The molecule has 0 spiro atoms. The number of nitrogens with one attached hydrogen (secondary N) is 1. The highest BCUT2D eigenvalue weighted by atomic mass is 16.5. The molecule has 0 aromatic heterocycles. The number of aryl methyl sites for hydroxylation is 1. The monoisotopic (exact) mass is 288 g/mol. The van der Waals surface area contributed by atoms with Crippen molar-refractivity contribution in [2.75, 3.05) is 27.2 Å². The van der Waals surface area contributed by atoms with Gasteiger partial charge in [0.2, 0.25) is 0 Å². The number of likely N-dealkylation sites (N-methyl/N-ethyl adjacent to an activating group) is 1. The first-order valence-electron chi connectivity index (χ1n) is 8.31. The lowest BCUT2D eigenvalue weighted by Crippen LogP contribution is -2.49. The molecule has 21 heavy (non-hydrogen) atoms. The van der Waals surface area contributed by atoms with Crippen molar-refractivity contribution in [3.8, 4) is 5.75 Å². The molecule has 0 amide bonds. The molecule has 3 unspecified atom stereocenters. The predicted octanol–water partition coefficient (Wildman–Crippen LogP) is 3.00. The zero-order chi connectivity index (χ0) is 14.8. The third-order valence-electron chi connectivity index (χ3n) is 5.25. The normalized spacial score (nSPS) is 30.0. The van der Waals surface area contributed by atoms with Gasteiger partial charge in [-0.25, -0.2) is 0 Å². The fourth-order valence-corrected chi connectivity index (χ4v) is 4.16. The van der Waals surface area contributed by atoms with E-state index in [0.717, 1.165) is 11.7 Å². The summed E-state index contributed by atoms with van der Waals surface area (Å²) in [5, 5.41) is 3.58. The summed E-state index contributed by atoms with van der Waals surface area (Å²) in [5.41, 5.74) is 2.92. The molecule has 3 rings (SSSR count). The molecule has 116 valence electrons. The highest BCUT2D eigenvalue weighted by Crippen LogP contribution is 2.36. The fraction of sp³-hybridized carbons (Fsp3) is 0.667. The van der Waals surface area contributed by atoms with Gasteiger partial charge in [-0.3, -0.25) is 4.90 Å². The van der Waals surface area contributed by atoms with Crippen LogP contribution in [-0.4, -0.2) is 38.2 Å². The van der Waals surface area contributed by atoms with Crippen LogP contribution < -0.4 is 10.1 Å². The second kappa shape index (κ2) is 6.37. The van der Waals surface area contributed by atoms with E-state index in [2.05, 4.69) is 42.4 Å². The minimum atomic E-state index is 0.425. The SMILES string of the molecule is CNC1c2cc(OC)ccc2CCC1N1CCCC(C)C1. The van der Waals surface area contributed by atoms with Gasteiger partial charge in [-0.15, -0.1) is 0 Å². The molecule has 3 nitrogen and oxygen atoms in total. The van der Waals surface area contributed by atoms with E-state index < -0.39 is 0 Å². The Balaban J connectivity index is 1.86. The Morgan fingerprint density at radius 2 is 2.14 bits per heavy atom. The van der Waals surface area contributed by atoms with E-state index in [0.29, 0.717) is 12.1 Å². The number of benzene rings is 1. The van der Waals surface area contributed by atoms with E-state index in [4.69, 9.17) is 4.74 Å². The predicted molar refractivity (Wildman–Crippen MR) is 86.9 cm³/mol. The van der Waals surface area contributed by atoms with Crippen molar-refractivity contribution < 1.29 is 4.74 Å². The van der Waals surface area contributed by atoms with Gasteiger partial charge in [-0.2, -0.15) is 0 Å². The third kappa shape index (κ3) is 2.95. The first kappa shape index (κ1) is 14.9. The van der Waals surface area contributed by atoms with Gasteiger partial charge in [0.15, 0.2) is 0 Å². The molecule has 1 N–H and O–H groups in total. The molecule has 0 bridgehead atoms. The Morgan fingerprint density at radius 1 is 1.29 bits per heavy atom. The molecule has 1 aliphatic carbocycles. The van der Waals surface area contributed by atoms with E-state index >= 15 is 0 Å². The van der Waals surface area contributed by atoms with Crippen LogP contribution in [0.4, 0.5) is 0 Å². The van der Waals surface area contributed by atoms with Crippen molar-refractivity contribution in [3.05, 3.63) is 29.3 Å². The fourth-order valence-electron chi connectivity index (χ4n) is 4.16. The number of piperidine rings is 1. The Labute approximate surface area is 128 Å². The Morgan fingerprint density at radius 3 is 2.86 bits per heavy atom. The summed E-state index contributed by atoms with van der Waals surface area (Å²) < 4.78 is 5.43. The second-order valence-electron chi connectivity index (χ2n) is 6.68. The molecule has 1 saturated heterocycles. The Bertz CT molecular complexity index is 488. The Kier molecular flexibility index (Phi) is 4.51. The number of methoxy groups -OCH3 is 1. The van der Waals surface area contributed by atoms with Crippen LogP contribution in [0.2, 0.25) is 0 Å². The van der Waals surface area contributed by atoms with Gasteiger partial charge in [0, 0.05) is 18.6 Å². The molecular weight excluding hydrogens is 260 g/mol. The number of ether oxygens (including phenoxy) is 1. The molecule has 1 fully saturated rings. The van der Waals surface area contributed by atoms with Crippen molar-refractivity contribution in [3.63, 3.8) is 0 Å². The molecule has 0 saturated carbocycles. The van der Waals surface area contributed by atoms with Crippen molar-refractivity contribution >= 4 is 0 Å². The number of likely N-dealkylation sites (tertiary alicyclic amines) is 1. The minimum absolute atomic E-state index is 0.425. The average molecular weight is 288 g/mol. The van der Waals surface area contributed by atoms with E-state index in [1.807, 2.05) is 0 Å². The van der Waals surface area contributed by atoms with Gasteiger partial charge >= 0.3 is 0 Å². The van der Waals surface area contributed by atoms with E-state index in [1.54, 1.807) is 7.11 Å². The zero-order valence-corrected chi connectivity index (χ0v) is 13.6. The van der Waals surface area contributed by atoms with E-state index in [1.165, 1.54) is 49.9 Å². The van der Waals surface area contributed by atoms with Crippen LogP contribution in [0.5, 0.6) is 5.75 Å². The summed E-state index contributed by atoms with van der Waals surface area (Å²) in [7, 11) is 3.85. The van der Waals surface area contributed by atoms with E-state index in [9.17, 15) is 0 Å². The topological polar surface area (TPSA) is 24.5 Å². The molecule has 1 heterocycles. The second-order valence-corrected chi connectivity index (χ2v) is 6.68. The summed E-state index contributed by atoms with van der Waals surface area (Å²) in [6.45, 7) is 4.90. The van der Waals surface area contributed by atoms with Gasteiger partial charge in [-0.1, -0.05) is 13.0 Å². The quantitative estimate of drug-likeness (QED) is 0.925. The van der Waals surface area contributed by atoms with Gasteiger partial charge in [0.05, 0.1) is 7.11 Å². The summed E-state index contributed by atoms with van der Waals surface area (Å²) in [5.74, 6) is 1.81. The number of hydrogen-bond donors (Lipinski definition) is 1. The van der Waals surface area contributed by atoms with Crippen molar-refractivity contribution in [2.45, 2.75) is 44.7 Å². The maximum Gasteiger partial charge on any atom is 0.119 e. The van der Waals surface area contributed by atoms with Crippen molar-refractivity contribution in [2.24, 2.45) is 5.92 Å². The molecule has 1 aromatic carbocycles. The summed E-state index contributed by atoms with van der Waals surface area (Å²) in [6, 6.07) is 7.62. The van der Waals surface area contributed by atoms with Crippen LogP contribution in [0, 0.1) is 5.92 Å². The highest BCUT2D eigenvalue weighted by Gasteiger charge is 2.34. The standard InChI is InChI=1S/C18H28N2O/c1-13-5-4-10-20(12-13)17-9-7-14-6-8-15(21-3)11-16(14)18(17)19-2/h6,8,11,13,17-19H,4-5,7,9-10,12H2,1-3H3. The molecule has 1 aliphatic heterocycles. The molecule has 0 radical (unpaired) electrons. The smallest absolute Gasteiger partial charge is 0.119 e. The first-order chi connectivity index (χ1) is 10.2. The summed E-state index contributed by atoms with van der Waals surface area (Å²) in [6.07, 6.45) is 5.18. The van der Waals surface area contributed by atoms with Crippen LogP contribution in [0.1, 0.15) is 43.4 Å². The lowest BCUT2D eigenvalue weighted by Gasteiger charge is -2.44. The van der Waals surface area contributed by atoms with Gasteiger partial charge in [0.1, 0.15) is 5.75 Å². The lowest BCUT2D eigenvalue weighted by atomic mass is 9.82. The van der Waals surface area contributed by atoms with Crippen LogP contribution in [0.15, 0.2) is 18.2 Å². The van der Waals surface area contributed by atoms with Crippen LogP contribution >= 0.6 is 0 Å². The number of fused-ring (bicyclic) bond motifs is 1. The molecule has 3 heteroatoms. The summed E-state index contributed by atoms with van der Waals surface area (Å²) >= 11 is 0. The number of hydrogen-bond acceptors (Lipinski definition) is 3. The average Bonchev–Trinajstić information content (AvgIpc) is 2.53. The molecule has 3 atom stereocenters. The highest BCUT2D eigenvalue weighted by molar-refractivity contribution is 5.40. The van der Waals surface area contributed by atoms with Crippen molar-refractivity contribution in [1.29, 1.82) is 0 Å². The molecule has 2 aliphatic rings. The number of nitrogens with zero attached hydrogens (tertiary/aromatic N) is 1. The maximum atomic E-state index is 5.43. The van der Waals surface area contributed by atoms with Crippen LogP contribution in [0.3, 0.4) is 0 Å². The van der Waals surface area contributed by atoms with Crippen LogP contribution in [-0.2, 0) is 6.42 Å². The van der Waals surface area contributed by atoms with Gasteiger partial charge in [-0.05, 0) is 68.5 Å². The third-order valence-corrected chi connectivity index (χ3v) is 5.25. The van der Waals surface area contributed by atoms with Gasteiger partial charge < -0.3 is 10.1 Å². The summed E-state index contributed by atoms with van der Waals surface area (Å²) in [4.78, 5) is 2.72. The maximum absolute atomic E-state index is 5.43. The van der Waals surface area contributed by atoms with E-state index in [-0.39, 0.29) is 0 Å². The lowest BCUT2D eigenvalue weighted by molar-refractivity contribution is 0.0943. The minimum Gasteiger partial charge on any atom is -0.497 e. The van der Waals surface area contributed by atoms with Crippen molar-refractivity contribution in [1.82, 2.24) is 10.2 Å². The molecular formula is C18H28N2O. The largest absolute Gasteiger partial charge is 0.497 e. The number of rotatable bonds is 3. The van der Waals surface area contributed by atoms with Crippen LogP contribution in [0.25, 0.3) is 0 Å². The Hall–Kier alpha value is -1.06. The zero-order valence-electron chi connectivity index (χ0n) is 13.6. The van der Waals surface area contributed by atoms with Gasteiger partial charge in [0.25, 0.3) is 0 Å².